The number of nitrogens with zero attached hydrogens (tertiary/aromatic N) is 1. The molecule has 1 rings (SSSR count). The van der Waals surface area contributed by atoms with E-state index < -0.39 is 6.10 Å². The largest absolute Gasteiger partial charge is 0.374 e. The molecule has 3 heteroatoms. The van der Waals surface area contributed by atoms with Crippen LogP contribution in [0, 0.1) is 6.57 Å². The zero-order valence-electron chi connectivity index (χ0n) is 5.19. The van der Waals surface area contributed by atoms with Crippen LogP contribution in [0.1, 0.15) is 0 Å². The molecule has 1 aliphatic rings. The lowest BCUT2D eigenvalue weighted by molar-refractivity contribution is -0.120. The molecule has 0 radical (unpaired) electrons. The van der Waals surface area contributed by atoms with Crippen molar-refractivity contribution in [3.63, 3.8) is 0 Å². The van der Waals surface area contributed by atoms with Crippen LogP contribution in [0.3, 0.4) is 0 Å². The summed E-state index contributed by atoms with van der Waals surface area (Å²) in [7, 11) is 0. The lowest BCUT2D eigenvalue weighted by Crippen LogP contribution is -2.20. The van der Waals surface area contributed by atoms with E-state index in [1.54, 1.807) is 0 Å². The fourth-order valence-corrected chi connectivity index (χ4v) is 0.683. The predicted octanol–water partition coefficient (Wildman–Crippen LogP) is 0.333. The SMILES string of the molecule is C#[N+]C1=CC=CC(=O)C1O. The second-order valence-corrected chi connectivity index (χ2v) is 1.88. The molecule has 0 aromatic heterocycles. The summed E-state index contributed by atoms with van der Waals surface area (Å²) in [5.74, 6) is -0.383. The molecule has 1 aliphatic carbocycles. The quantitative estimate of drug-likeness (QED) is 0.521. The Labute approximate surface area is 58.1 Å². The van der Waals surface area contributed by atoms with Crippen molar-refractivity contribution in [1.29, 1.82) is 0 Å². The molecule has 0 saturated heterocycles. The molecule has 3 nitrogen and oxygen atoms in total. The van der Waals surface area contributed by atoms with Crippen LogP contribution >= 0.6 is 0 Å². The van der Waals surface area contributed by atoms with Gasteiger partial charge in [0.1, 0.15) is 0 Å². The second kappa shape index (κ2) is 2.46. The third kappa shape index (κ3) is 0.971. The van der Waals surface area contributed by atoms with Crippen molar-refractivity contribution < 1.29 is 9.90 Å². The minimum absolute atomic E-state index is 0.201. The van der Waals surface area contributed by atoms with Gasteiger partial charge in [0.15, 0.2) is 5.78 Å². The van der Waals surface area contributed by atoms with E-state index in [9.17, 15) is 4.79 Å². The third-order valence-corrected chi connectivity index (χ3v) is 1.23. The molecular weight excluding hydrogens is 130 g/mol. The monoisotopic (exact) mass is 136 g/mol. The second-order valence-electron chi connectivity index (χ2n) is 1.88. The average molecular weight is 136 g/mol. The smallest absolute Gasteiger partial charge is 0.352 e. The van der Waals surface area contributed by atoms with Crippen LogP contribution < -0.4 is 0 Å². The zero-order chi connectivity index (χ0) is 7.56. The van der Waals surface area contributed by atoms with Gasteiger partial charge in [0.2, 0.25) is 6.10 Å². The van der Waals surface area contributed by atoms with Gasteiger partial charge in [0.25, 0.3) is 6.57 Å². The summed E-state index contributed by atoms with van der Waals surface area (Å²) in [6.45, 7) is 4.87. The van der Waals surface area contributed by atoms with Gasteiger partial charge in [-0.1, -0.05) is 6.08 Å². The maximum atomic E-state index is 10.7. The first-order chi connectivity index (χ1) is 4.75. The molecule has 0 saturated carbocycles. The average Bonchev–Trinajstić information content (AvgIpc) is 1.95. The van der Waals surface area contributed by atoms with Gasteiger partial charge in [-0.05, 0) is 10.9 Å². The minimum Gasteiger partial charge on any atom is -0.374 e. The van der Waals surface area contributed by atoms with Gasteiger partial charge in [0.05, 0.1) is 0 Å². The first kappa shape index (κ1) is 6.72. The minimum atomic E-state index is -1.17. The summed E-state index contributed by atoms with van der Waals surface area (Å²) >= 11 is 0. The topological polar surface area (TPSA) is 41.7 Å². The van der Waals surface area contributed by atoms with Gasteiger partial charge in [-0.2, -0.15) is 0 Å². The number of ketones is 1. The van der Waals surface area contributed by atoms with Crippen molar-refractivity contribution in [2.24, 2.45) is 0 Å². The number of aliphatic hydroxyl groups excluding tert-OH is 1. The summed E-state index contributed by atoms with van der Waals surface area (Å²) in [6.07, 6.45) is 3.10. The zero-order valence-corrected chi connectivity index (χ0v) is 5.19. The molecule has 0 fully saturated rings. The van der Waals surface area contributed by atoms with Crippen LogP contribution in [0.5, 0.6) is 0 Å². The molecule has 0 bridgehead atoms. The molecule has 1 atom stereocenters. The van der Waals surface area contributed by atoms with Crippen LogP contribution in [-0.4, -0.2) is 17.0 Å². The van der Waals surface area contributed by atoms with E-state index in [0.717, 1.165) is 0 Å². The Morgan fingerprint density at radius 1 is 1.70 bits per heavy atom. The maximum absolute atomic E-state index is 10.7. The standard InChI is InChI=1S/C7H6NO2/c1-8-5-3-2-4-6(9)7(5)10/h1-4,7,10H/q+1. The number of aliphatic hydroxyl groups is 1. The van der Waals surface area contributed by atoms with Gasteiger partial charge < -0.3 is 5.11 Å². The van der Waals surface area contributed by atoms with Crippen molar-refractivity contribution in [2.75, 3.05) is 0 Å². The molecule has 1 unspecified atom stereocenters. The summed E-state index contributed by atoms with van der Waals surface area (Å²) in [4.78, 5) is 13.9. The van der Waals surface area contributed by atoms with Gasteiger partial charge in [-0.25, -0.2) is 0 Å². The Morgan fingerprint density at radius 2 is 2.40 bits per heavy atom. The predicted molar refractivity (Wildman–Crippen MR) is 36.5 cm³/mol. The van der Waals surface area contributed by atoms with Gasteiger partial charge in [-0.15, -0.1) is 0 Å². The number of hydrogen-bond acceptors (Lipinski definition) is 2. The summed E-state index contributed by atoms with van der Waals surface area (Å²) in [5, 5.41) is 8.99. The highest BCUT2D eigenvalue weighted by molar-refractivity contribution is 5.97. The van der Waals surface area contributed by atoms with Crippen LogP contribution in [0.25, 0.3) is 4.85 Å². The summed E-state index contributed by atoms with van der Waals surface area (Å²) in [5.41, 5.74) is 0.201. The van der Waals surface area contributed by atoms with Gasteiger partial charge in [0, 0.05) is 6.08 Å². The molecule has 0 aromatic rings. The molecule has 10 heavy (non-hydrogen) atoms. The maximum Gasteiger partial charge on any atom is 0.352 e. The highest BCUT2D eigenvalue weighted by atomic mass is 16.3. The lowest BCUT2D eigenvalue weighted by atomic mass is 10.1. The molecule has 0 heterocycles. The van der Waals surface area contributed by atoms with Crippen LogP contribution in [-0.2, 0) is 4.79 Å². The van der Waals surface area contributed by atoms with E-state index in [-0.39, 0.29) is 11.5 Å². The van der Waals surface area contributed by atoms with Crippen molar-refractivity contribution in [1.82, 2.24) is 0 Å². The molecule has 0 aromatic carbocycles. The fourth-order valence-electron chi connectivity index (χ4n) is 0.683. The Bertz CT molecular complexity index is 257. The summed E-state index contributed by atoms with van der Waals surface area (Å²) in [6, 6.07) is 0. The van der Waals surface area contributed by atoms with Crippen molar-refractivity contribution >= 4 is 5.78 Å². The van der Waals surface area contributed by atoms with E-state index in [0.29, 0.717) is 0 Å². The molecular formula is C7H6NO2+. The molecule has 0 spiro atoms. The lowest BCUT2D eigenvalue weighted by Gasteiger charge is -1.99. The van der Waals surface area contributed by atoms with Crippen molar-refractivity contribution in [3.05, 3.63) is 28.8 Å². The van der Waals surface area contributed by atoms with Gasteiger partial charge >= 0.3 is 5.70 Å². The fraction of sp³-hybridized carbons (Fsp3) is 0.143. The normalized spacial score (nSPS) is 23.8. The van der Waals surface area contributed by atoms with Crippen LogP contribution in [0.15, 0.2) is 23.9 Å². The number of hydrogen-bond donors (Lipinski definition) is 1. The Kier molecular flexibility index (Phi) is 1.65. The van der Waals surface area contributed by atoms with E-state index in [1.807, 2.05) is 0 Å². The van der Waals surface area contributed by atoms with Crippen LogP contribution in [0.2, 0.25) is 0 Å². The van der Waals surface area contributed by atoms with Gasteiger partial charge in [-0.3, -0.25) is 4.79 Å². The Balaban J connectivity index is 2.95. The van der Waals surface area contributed by atoms with E-state index >= 15 is 0 Å². The Morgan fingerprint density at radius 3 is 2.90 bits per heavy atom. The highest BCUT2D eigenvalue weighted by Gasteiger charge is 2.27. The highest BCUT2D eigenvalue weighted by Crippen LogP contribution is 2.10. The number of allylic oxidation sites excluding steroid dienone is 2. The van der Waals surface area contributed by atoms with Crippen molar-refractivity contribution in [3.8, 4) is 6.57 Å². The number of carbonyl (C=O) groups excluding carboxylic acids is 1. The van der Waals surface area contributed by atoms with E-state index in [2.05, 4.69) is 4.85 Å². The molecule has 50 valence electrons. The first-order valence-electron chi connectivity index (χ1n) is 2.77. The molecule has 0 amide bonds. The van der Waals surface area contributed by atoms with Crippen molar-refractivity contribution in [2.45, 2.75) is 6.10 Å². The van der Waals surface area contributed by atoms with E-state index in [4.69, 9.17) is 11.7 Å². The first-order valence-corrected chi connectivity index (χ1v) is 2.77. The number of rotatable bonds is 0. The van der Waals surface area contributed by atoms with E-state index in [1.165, 1.54) is 18.2 Å². The third-order valence-electron chi connectivity index (χ3n) is 1.23. The molecule has 0 aliphatic heterocycles. The Hall–Kier alpha value is -1.40. The summed E-state index contributed by atoms with van der Waals surface area (Å²) < 4.78 is 0. The number of carbonyl (C=O) groups is 1. The molecule has 1 N–H and O–H groups in total. The van der Waals surface area contributed by atoms with Crippen LogP contribution in [0.4, 0.5) is 0 Å².